The summed E-state index contributed by atoms with van der Waals surface area (Å²) in [4.78, 5) is 2.45. The van der Waals surface area contributed by atoms with Crippen molar-refractivity contribution >= 4 is 54.8 Å². The molecule has 2 aliphatic heterocycles. The van der Waals surface area contributed by atoms with Crippen molar-refractivity contribution < 1.29 is 16.8 Å². The first kappa shape index (κ1) is 30.7. The Morgan fingerprint density at radius 1 is 0.902 bits per heavy atom. The molecule has 14 heteroatoms. The van der Waals surface area contributed by atoms with Gasteiger partial charge >= 0.3 is 0 Å². The van der Waals surface area contributed by atoms with Gasteiger partial charge in [-0.1, -0.05) is 40.9 Å². The first-order valence-corrected chi connectivity index (χ1v) is 17.9. The molecule has 0 spiro atoms. The summed E-state index contributed by atoms with van der Waals surface area (Å²) in [7, 11) is -7.28. The lowest BCUT2D eigenvalue weighted by atomic mass is 10.0. The van der Waals surface area contributed by atoms with Crippen molar-refractivity contribution in [3.63, 3.8) is 0 Å². The monoisotopic (exact) mass is 659 g/mol. The Hall–Kier alpha value is -1.70. The number of sulfonamides is 2. The molecule has 0 bridgehead atoms. The van der Waals surface area contributed by atoms with Gasteiger partial charge in [0.2, 0.25) is 20.0 Å². The lowest BCUT2D eigenvalue weighted by Gasteiger charge is -2.26. The number of aromatic nitrogens is 2. The second kappa shape index (κ2) is 12.5. The van der Waals surface area contributed by atoms with Crippen molar-refractivity contribution in [1.82, 2.24) is 23.7 Å². The molecule has 222 valence electrons. The summed E-state index contributed by atoms with van der Waals surface area (Å²) >= 11 is 18.4. The number of hydrogen-bond donors (Lipinski definition) is 1. The maximum absolute atomic E-state index is 12.9. The number of rotatable bonds is 10. The molecule has 3 aromatic rings. The Labute approximate surface area is 256 Å². The molecule has 1 N–H and O–H groups in total. The quantitative estimate of drug-likeness (QED) is 0.335. The summed E-state index contributed by atoms with van der Waals surface area (Å²) in [5, 5.41) is 5.74. The second-order valence-corrected chi connectivity index (χ2v) is 15.4. The third-order valence-electron chi connectivity index (χ3n) is 7.58. The number of benzene rings is 2. The average Bonchev–Trinajstić information content (AvgIpc) is 3.57. The molecule has 0 atom stereocenters. The van der Waals surface area contributed by atoms with Crippen molar-refractivity contribution in [2.24, 2.45) is 0 Å². The molecule has 2 aliphatic rings. The Morgan fingerprint density at radius 2 is 1.63 bits per heavy atom. The third kappa shape index (κ3) is 7.10. The molecule has 9 nitrogen and oxygen atoms in total. The molecule has 1 fully saturated rings. The highest BCUT2D eigenvalue weighted by atomic mass is 35.5. The number of halogens is 3. The van der Waals surface area contributed by atoms with Crippen LogP contribution in [0.4, 0.5) is 0 Å². The van der Waals surface area contributed by atoms with E-state index in [1.807, 2.05) is 10.7 Å². The summed E-state index contributed by atoms with van der Waals surface area (Å²) in [5.41, 5.74) is 3.88. The highest BCUT2D eigenvalue weighted by Crippen LogP contribution is 2.33. The van der Waals surface area contributed by atoms with Gasteiger partial charge in [0.05, 0.1) is 26.9 Å². The fraction of sp³-hybridized carbons (Fsp3) is 0.444. The zero-order chi connectivity index (χ0) is 29.4. The molecular weight excluding hydrogens is 629 g/mol. The number of nitrogens with one attached hydrogen (secondary N) is 1. The van der Waals surface area contributed by atoms with E-state index in [4.69, 9.17) is 39.9 Å². The van der Waals surface area contributed by atoms with Gasteiger partial charge in [0.1, 0.15) is 0 Å². The van der Waals surface area contributed by atoms with E-state index in [0.29, 0.717) is 29.2 Å². The highest BCUT2D eigenvalue weighted by Gasteiger charge is 2.30. The van der Waals surface area contributed by atoms with E-state index in [0.717, 1.165) is 49.4 Å². The highest BCUT2D eigenvalue weighted by molar-refractivity contribution is 7.89. The van der Waals surface area contributed by atoms with Crippen LogP contribution < -0.4 is 4.72 Å². The lowest BCUT2D eigenvalue weighted by Crippen LogP contribution is -2.35. The number of hydrogen-bond acceptors (Lipinski definition) is 6. The molecule has 1 saturated heterocycles. The minimum absolute atomic E-state index is 0.0122. The van der Waals surface area contributed by atoms with Gasteiger partial charge in [0.15, 0.2) is 0 Å². The third-order valence-corrected chi connectivity index (χ3v) is 11.3. The van der Waals surface area contributed by atoms with E-state index < -0.39 is 20.0 Å². The lowest BCUT2D eigenvalue weighted by molar-refractivity contribution is 0.319. The van der Waals surface area contributed by atoms with Gasteiger partial charge in [0, 0.05) is 54.4 Å². The number of fused-ring (bicyclic) bond motifs is 1. The van der Waals surface area contributed by atoms with Crippen LogP contribution in [0.1, 0.15) is 36.1 Å². The maximum Gasteiger partial charge on any atom is 0.240 e. The molecule has 0 amide bonds. The topological polar surface area (TPSA) is 105 Å². The molecule has 41 heavy (non-hydrogen) atoms. The second-order valence-electron chi connectivity index (χ2n) is 10.5. The fourth-order valence-electron chi connectivity index (χ4n) is 5.37. The van der Waals surface area contributed by atoms with E-state index in [1.165, 1.54) is 41.6 Å². The van der Waals surface area contributed by atoms with Gasteiger partial charge in [-0.15, -0.1) is 0 Å². The summed E-state index contributed by atoms with van der Waals surface area (Å²) in [5.74, 6) is 0. The minimum Gasteiger partial charge on any atom is -0.303 e. The van der Waals surface area contributed by atoms with Crippen molar-refractivity contribution in [2.75, 3.05) is 32.4 Å². The predicted octanol–water partition coefficient (Wildman–Crippen LogP) is 4.79. The van der Waals surface area contributed by atoms with Crippen LogP contribution in [0.3, 0.4) is 0 Å². The molecule has 0 saturated carbocycles. The first-order chi connectivity index (χ1) is 19.4. The Bertz CT molecular complexity index is 1660. The van der Waals surface area contributed by atoms with Gasteiger partial charge in [-0.3, -0.25) is 4.68 Å². The predicted molar refractivity (Wildman–Crippen MR) is 162 cm³/mol. The largest absolute Gasteiger partial charge is 0.303 e. The van der Waals surface area contributed by atoms with Crippen LogP contribution in [0.5, 0.6) is 0 Å². The van der Waals surface area contributed by atoms with Gasteiger partial charge in [-0.2, -0.15) is 9.40 Å². The molecule has 0 unspecified atom stereocenters. The average molecular weight is 661 g/mol. The molecule has 5 rings (SSSR count). The van der Waals surface area contributed by atoms with E-state index >= 15 is 0 Å². The van der Waals surface area contributed by atoms with Crippen LogP contribution in [0.25, 0.3) is 11.3 Å². The Morgan fingerprint density at radius 3 is 2.34 bits per heavy atom. The van der Waals surface area contributed by atoms with Crippen LogP contribution in [0.2, 0.25) is 15.1 Å². The molecule has 0 radical (unpaired) electrons. The zero-order valence-corrected chi connectivity index (χ0v) is 26.5. The molecule has 2 aromatic carbocycles. The minimum atomic E-state index is -3.89. The van der Waals surface area contributed by atoms with Gasteiger partial charge in [0.25, 0.3) is 0 Å². The normalized spacial score (nSPS) is 16.8. The molecular formula is C27H32Cl3N5O4S2. The fourth-order valence-corrected chi connectivity index (χ4v) is 7.74. The number of likely N-dealkylation sites (tertiary alicyclic amines) is 1. The maximum atomic E-state index is 12.9. The van der Waals surface area contributed by atoms with Crippen LogP contribution in [-0.4, -0.2) is 68.3 Å². The smallest absolute Gasteiger partial charge is 0.240 e. The molecule has 0 aliphatic carbocycles. The van der Waals surface area contributed by atoms with Crippen molar-refractivity contribution in [3.05, 3.63) is 68.3 Å². The van der Waals surface area contributed by atoms with Crippen LogP contribution in [-0.2, 0) is 46.1 Å². The summed E-state index contributed by atoms with van der Waals surface area (Å²) < 4.78 is 56.7. The van der Waals surface area contributed by atoms with Crippen molar-refractivity contribution in [3.8, 4) is 11.3 Å². The van der Waals surface area contributed by atoms with Crippen molar-refractivity contribution in [1.29, 1.82) is 0 Å². The van der Waals surface area contributed by atoms with Crippen LogP contribution in [0, 0.1) is 0 Å². The summed E-state index contributed by atoms with van der Waals surface area (Å²) in [6, 6.07) is 9.43. The number of nitrogens with zero attached hydrogens (tertiary/aromatic N) is 4. The summed E-state index contributed by atoms with van der Waals surface area (Å²) in [6.45, 7) is 4.58. The first-order valence-electron chi connectivity index (χ1n) is 13.4. The standard InChI is InChI=1S/C27H32Cl3N5O4S2/c1-40(36,37)34-14-9-26-22(18-34)27(32-35(26)13-4-12-33-10-2-3-11-33)19-5-7-23(28)20(15-19)17-31-41(38,39)21-6-8-24(29)25(30)16-21/h5-8,15-16,31H,2-4,9-14,17-18H2,1H3. The zero-order valence-electron chi connectivity index (χ0n) is 22.6. The van der Waals surface area contributed by atoms with Crippen LogP contribution in [0.15, 0.2) is 41.3 Å². The van der Waals surface area contributed by atoms with Crippen molar-refractivity contribution in [2.45, 2.75) is 50.2 Å². The Balaban J connectivity index is 1.42. The van der Waals surface area contributed by atoms with Gasteiger partial charge < -0.3 is 4.90 Å². The molecule has 3 heterocycles. The van der Waals surface area contributed by atoms with E-state index in [2.05, 4.69) is 9.62 Å². The van der Waals surface area contributed by atoms with Gasteiger partial charge in [-0.05, 0) is 74.8 Å². The van der Waals surface area contributed by atoms with Gasteiger partial charge in [-0.25, -0.2) is 21.6 Å². The van der Waals surface area contributed by atoms with E-state index in [9.17, 15) is 16.8 Å². The van der Waals surface area contributed by atoms with E-state index in [1.54, 1.807) is 12.1 Å². The SMILES string of the molecule is CS(=O)(=O)N1CCc2c(c(-c3ccc(Cl)c(CNS(=O)(=O)c4ccc(Cl)c(Cl)c4)c3)nn2CCCN2CCCC2)C1. The van der Waals surface area contributed by atoms with Crippen LogP contribution >= 0.6 is 34.8 Å². The summed E-state index contributed by atoms with van der Waals surface area (Å²) in [6.07, 6.45) is 5.23. The molecule has 1 aromatic heterocycles. The number of aryl methyl sites for hydroxylation is 1. The van der Waals surface area contributed by atoms with E-state index in [-0.39, 0.29) is 28.0 Å². The Kier molecular flexibility index (Phi) is 9.37.